The second-order valence-corrected chi connectivity index (χ2v) is 8.42. The highest BCUT2D eigenvalue weighted by Crippen LogP contribution is 2.43. The number of aryl methyl sites for hydroxylation is 1. The van der Waals surface area contributed by atoms with Crippen LogP contribution in [0.1, 0.15) is 52.7 Å². The molecule has 0 bridgehead atoms. The van der Waals surface area contributed by atoms with Crippen LogP contribution in [-0.2, 0) is 24.2 Å². The number of carbonyl (C=O) groups is 1. The van der Waals surface area contributed by atoms with Crippen LogP contribution in [0.25, 0.3) is 0 Å². The number of benzene rings is 1. The summed E-state index contributed by atoms with van der Waals surface area (Å²) in [6, 6.07) is 0. The zero-order chi connectivity index (χ0) is 21.1. The second kappa shape index (κ2) is 6.61. The van der Waals surface area contributed by atoms with Gasteiger partial charge in [-0.05, 0) is 64.2 Å². The highest BCUT2D eigenvalue weighted by molar-refractivity contribution is 5.86. The Bertz CT molecular complexity index is 1090. The van der Waals surface area contributed by atoms with Crippen molar-refractivity contribution in [1.29, 1.82) is 0 Å². The summed E-state index contributed by atoms with van der Waals surface area (Å²) in [6.07, 6.45) is 1.69. The smallest absolute Gasteiger partial charge is 0.266 e. The van der Waals surface area contributed by atoms with Gasteiger partial charge >= 0.3 is 0 Å². The Hall–Kier alpha value is -2.83. The third kappa shape index (κ3) is 2.99. The first-order chi connectivity index (χ1) is 13.6. The molecule has 1 aromatic carbocycles. The van der Waals surface area contributed by atoms with Crippen molar-refractivity contribution in [3.63, 3.8) is 0 Å². The number of rotatable bonds is 1. The first kappa shape index (κ1) is 19.5. The van der Waals surface area contributed by atoms with Crippen molar-refractivity contribution in [3.8, 4) is 11.5 Å². The van der Waals surface area contributed by atoms with Crippen LogP contribution in [0.15, 0.2) is 4.79 Å². The van der Waals surface area contributed by atoms with E-state index in [1.54, 1.807) is 11.8 Å². The lowest BCUT2D eigenvalue weighted by Gasteiger charge is -2.40. The van der Waals surface area contributed by atoms with Gasteiger partial charge in [0, 0.05) is 24.1 Å². The number of phenolic OH excluding ortho intramolecular Hbond substituents is 1. The maximum Gasteiger partial charge on any atom is 0.266 e. The summed E-state index contributed by atoms with van der Waals surface area (Å²) in [5.41, 5.74) is 3.68. The van der Waals surface area contributed by atoms with Gasteiger partial charge in [0.2, 0.25) is 0 Å². The monoisotopic (exact) mass is 397 g/mol. The van der Waals surface area contributed by atoms with Crippen molar-refractivity contribution in [3.05, 3.63) is 49.7 Å². The number of hydrogen-bond donors (Lipinski definition) is 2. The Morgan fingerprint density at radius 3 is 2.59 bits per heavy atom. The minimum Gasteiger partial charge on any atom is -0.507 e. The van der Waals surface area contributed by atoms with E-state index < -0.39 is 5.60 Å². The van der Waals surface area contributed by atoms with Crippen molar-refractivity contribution >= 4 is 5.91 Å². The largest absolute Gasteiger partial charge is 0.507 e. The fourth-order valence-corrected chi connectivity index (χ4v) is 4.47. The van der Waals surface area contributed by atoms with Gasteiger partial charge < -0.3 is 19.7 Å². The van der Waals surface area contributed by atoms with Gasteiger partial charge in [0.15, 0.2) is 5.60 Å². The van der Waals surface area contributed by atoms with Gasteiger partial charge in [-0.2, -0.15) is 0 Å². The van der Waals surface area contributed by atoms with Crippen molar-refractivity contribution in [1.82, 2.24) is 14.9 Å². The molecular weight excluding hydrogens is 370 g/mol. The maximum atomic E-state index is 13.5. The van der Waals surface area contributed by atoms with E-state index in [1.165, 1.54) is 0 Å². The quantitative estimate of drug-likeness (QED) is 0.770. The lowest BCUT2D eigenvalue weighted by Crippen LogP contribution is -2.54. The highest BCUT2D eigenvalue weighted by Gasteiger charge is 2.44. The molecule has 154 valence electrons. The number of aromatic hydroxyl groups is 1. The van der Waals surface area contributed by atoms with Crippen LogP contribution in [0.2, 0.25) is 0 Å². The average Bonchev–Trinajstić information content (AvgIpc) is 2.69. The second-order valence-electron chi connectivity index (χ2n) is 8.42. The maximum absolute atomic E-state index is 13.5. The van der Waals surface area contributed by atoms with Crippen LogP contribution in [-0.4, -0.2) is 38.0 Å². The highest BCUT2D eigenvalue weighted by atomic mass is 16.5. The van der Waals surface area contributed by atoms with E-state index in [1.807, 2.05) is 27.7 Å². The number of aromatic nitrogens is 2. The van der Waals surface area contributed by atoms with Crippen molar-refractivity contribution < 1.29 is 14.6 Å². The van der Waals surface area contributed by atoms with E-state index in [0.717, 1.165) is 22.3 Å². The molecule has 3 heterocycles. The molecule has 2 aromatic rings. The van der Waals surface area contributed by atoms with E-state index in [9.17, 15) is 14.7 Å². The average molecular weight is 397 g/mol. The van der Waals surface area contributed by atoms with Crippen molar-refractivity contribution in [2.45, 2.75) is 66.0 Å². The van der Waals surface area contributed by atoms with Gasteiger partial charge in [-0.25, -0.2) is 4.98 Å². The zero-order valence-corrected chi connectivity index (χ0v) is 17.6. The van der Waals surface area contributed by atoms with Gasteiger partial charge in [0.05, 0.1) is 12.2 Å². The number of hydrogen-bond acceptors (Lipinski definition) is 5. The summed E-state index contributed by atoms with van der Waals surface area (Å²) in [5, 5.41) is 10.4. The topological polar surface area (TPSA) is 95.5 Å². The molecule has 7 heteroatoms. The number of carbonyl (C=O) groups excluding carboxylic acids is 1. The molecule has 0 unspecified atom stereocenters. The van der Waals surface area contributed by atoms with Crippen LogP contribution in [0.3, 0.4) is 0 Å². The van der Waals surface area contributed by atoms with E-state index in [0.29, 0.717) is 60.9 Å². The van der Waals surface area contributed by atoms with Crippen molar-refractivity contribution in [2.75, 3.05) is 6.54 Å². The van der Waals surface area contributed by atoms with Gasteiger partial charge in [0.1, 0.15) is 17.3 Å². The van der Waals surface area contributed by atoms with Crippen LogP contribution >= 0.6 is 0 Å². The predicted molar refractivity (Wildman–Crippen MR) is 108 cm³/mol. The fourth-order valence-electron chi connectivity index (χ4n) is 4.47. The molecule has 1 aromatic heterocycles. The molecular formula is C22H27N3O4. The summed E-state index contributed by atoms with van der Waals surface area (Å²) in [7, 11) is 0. The van der Waals surface area contributed by atoms with E-state index >= 15 is 0 Å². The molecule has 0 spiro atoms. The Labute approximate surface area is 169 Å². The number of nitrogens with zero attached hydrogens (tertiary/aromatic N) is 2. The molecule has 0 fully saturated rings. The standard InChI is InChI=1S/C22H27N3O4/c1-11-12(2)19-15(13(3)18(11)26)6-8-22(5,29-19)21(28)25-9-7-16-17(10-25)23-14(4)24-20(16)27/h26H,6-10H2,1-5H3,(H,23,24,27)/t22-/m0/s1. The van der Waals surface area contributed by atoms with Crippen LogP contribution in [0.4, 0.5) is 0 Å². The number of aromatic amines is 1. The van der Waals surface area contributed by atoms with Gasteiger partial charge in [-0.3, -0.25) is 9.59 Å². The summed E-state index contributed by atoms with van der Waals surface area (Å²) in [4.78, 5) is 34.5. The Balaban J connectivity index is 1.64. The summed E-state index contributed by atoms with van der Waals surface area (Å²) in [6.45, 7) is 10.0. The summed E-state index contributed by atoms with van der Waals surface area (Å²) < 4.78 is 6.33. The normalized spacial score (nSPS) is 20.7. The zero-order valence-electron chi connectivity index (χ0n) is 17.6. The van der Waals surface area contributed by atoms with Crippen LogP contribution in [0, 0.1) is 27.7 Å². The molecule has 29 heavy (non-hydrogen) atoms. The van der Waals surface area contributed by atoms with Gasteiger partial charge in [-0.15, -0.1) is 0 Å². The molecule has 7 nitrogen and oxygen atoms in total. The van der Waals surface area contributed by atoms with Crippen LogP contribution < -0.4 is 10.3 Å². The summed E-state index contributed by atoms with van der Waals surface area (Å²) >= 11 is 0. The predicted octanol–water partition coefficient (Wildman–Crippen LogP) is 2.38. The summed E-state index contributed by atoms with van der Waals surface area (Å²) in [5.74, 6) is 1.48. The Morgan fingerprint density at radius 2 is 1.86 bits per heavy atom. The number of phenols is 1. The first-order valence-corrected chi connectivity index (χ1v) is 10.0. The fraction of sp³-hybridized carbons (Fsp3) is 0.500. The number of nitrogens with one attached hydrogen (secondary N) is 1. The lowest BCUT2D eigenvalue weighted by molar-refractivity contribution is -0.149. The first-order valence-electron chi connectivity index (χ1n) is 10.0. The Kier molecular flexibility index (Phi) is 4.44. The third-order valence-electron chi connectivity index (χ3n) is 6.45. The lowest BCUT2D eigenvalue weighted by atomic mass is 9.86. The molecule has 1 atom stereocenters. The molecule has 0 aliphatic carbocycles. The van der Waals surface area contributed by atoms with E-state index in [-0.39, 0.29) is 11.5 Å². The molecule has 1 amide bonds. The minimum absolute atomic E-state index is 0.0867. The SMILES string of the molecule is Cc1nc2c(c(=O)[nH]1)CCN(C(=O)[C@]1(C)CCc3c(C)c(O)c(C)c(C)c3O1)C2. The van der Waals surface area contributed by atoms with Gasteiger partial charge in [0.25, 0.3) is 11.5 Å². The number of H-pyrrole nitrogens is 1. The molecule has 2 aliphatic rings. The molecule has 0 saturated carbocycles. The molecule has 0 saturated heterocycles. The molecule has 4 rings (SSSR count). The molecule has 2 N–H and O–H groups in total. The Morgan fingerprint density at radius 1 is 1.14 bits per heavy atom. The number of fused-ring (bicyclic) bond motifs is 2. The van der Waals surface area contributed by atoms with Crippen molar-refractivity contribution in [2.24, 2.45) is 0 Å². The van der Waals surface area contributed by atoms with Crippen LogP contribution in [0.5, 0.6) is 11.5 Å². The third-order valence-corrected chi connectivity index (χ3v) is 6.45. The number of amides is 1. The van der Waals surface area contributed by atoms with Gasteiger partial charge in [-0.1, -0.05) is 0 Å². The molecule has 0 radical (unpaired) electrons. The van der Waals surface area contributed by atoms with E-state index in [4.69, 9.17) is 4.74 Å². The minimum atomic E-state index is -0.985. The molecule has 2 aliphatic heterocycles. The number of ether oxygens (including phenoxy) is 1. The van der Waals surface area contributed by atoms with E-state index in [2.05, 4.69) is 9.97 Å².